The molecule has 0 aliphatic carbocycles. The third-order valence-corrected chi connectivity index (χ3v) is 4.01. The monoisotopic (exact) mass is 325 g/mol. The van der Waals surface area contributed by atoms with Crippen molar-refractivity contribution in [3.05, 3.63) is 70.5 Å². The molecule has 110 valence electrons. The Morgan fingerprint density at radius 1 is 1.24 bits per heavy atom. The fraction of sp³-hybridized carbons (Fsp3) is 0.188. The maximum atomic E-state index is 13.7. The van der Waals surface area contributed by atoms with Crippen molar-refractivity contribution in [1.82, 2.24) is 5.32 Å². The first-order valence-corrected chi connectivity index (χ1v) is 7.26. The molecule has 1 amide bonds. The van der Waals surface area contributed by atoms with E-state index in [1.165, 1.54) is 12.1 Å². The van der Waals surface area contributed by atoms with Crippen LogP contribution in [-0.2, 0) is 5.54 Å². The summed E-state index contributed by atoms with van der Waals surface area (Å²) in [5, 5.41) is 3.07. The fourth-order valence-corrected chi connectivity index (χ4v) is 2.37. The summed E-state index contributed by atoms with van der Waals surface area (Å²) in [5.41, 5.74) is -0.0557. The maximum Gasteiger partial charge on any atom is 0.255 e. The van der Waals surface area contributed by atoms with E-state index in [0.29, 0.717) is 5.02 Å². The van der Waals surface area contributed by atoms with E-state index in [9.17, 15) is 9.18 Å². The van der Waals surface area contributed by atoms with Crippen molar-refractivity contribution in [1.29, 1.82) is 0 Å². The lowest BCUT2D eigenvalue weighted by Gasteiger charge is -2.29. The highest BCUT2D eigenvalue weighted by atomic mass is 35.5. The Bertz CT molecular complexity index is 648. The van der Waals surface area contributed by atoms with E-state index in [0.717, 1.165) is 11.6 Å². The number of carbonyl (C=O) groups is 1. The van der Waals surface area contributed by atoms with E-state index < -0.39 is 17.3 Å². The van der Waals surface area contributed by atoms with Crippen LogP contribution >= 0.6 is 23.2 Å². The summed E-state index contributed by atoms with van der Waals surface area (Å²) >= 11 is 11.8. The summed E-state index contributed by atoms with van der Waals surface area (Å²) in [6.45, 7) is 1.79. The van der Waals surface area contributed by atoms with Crippen molar-refractivity contribution >= 4 is 29.1 Å². The van der Waals surface area contributed by atoms with Crippen LogP contribution < -0.4 is 5.32 Å². The van der Waals surface area contributed by atoms with Crippen LogP contribution in [0.5, 0.6) is 0 Å². The van der Waals surface area contributed by atoms with Crippen LogP contribution in [0.2, 0.25) is 5.02 Å². The Balaban J connectivity index is 2.30. The molecule has 0 saturated carbocycles. The van der Waals surface area contributed by atoms with E-state index >= 15 is 0 Å². The van der Waals surface area contributed by atoms with Crippen LogP contribution in [-0.4, -0.2) is 11.8 Å². The van der Waals surface area contributed by atoms with Gasteiger partial charge in [-0.25, -0.2) is 4.39 Å². The third-order valence-electron chi connectivity index (χ3n) is 3.24. The summed E-state index contributed by atoms with van der Waals surface area (Å²) in [5.74, 6) is -1.02. The summed E-state index contributed by atoms with van der Waals surface area (Å²) in [6.07, 6.45) is 0. The number of halogens is 3. The molecule has 21 heavy (non-hydrogen) atoms. The predicted octanol–water partition coefficient (Wildman–Crippen LogP) is 4.36. The number of benzene rings is 2. The standard InChI is InChI=1S/C16H14Cl2FNO/c1-16(10-17,11-5-3-2-4-6-11)20-15(21)13-9-12(18)7-8-14(13)19/h2-9H,10H2,1H3,(H,20,21). The van der Waals surface area contributed by atoms with Crippen molar-refractivity contribution in [3.63, 3.8) is 0 Å². The largest absolute Gasteiger partial charge is 0.341 e. The predicted molar refractivity (Wildman–Crippen MR) is 83.4 cm³/mol. The second kappa shape index (κ2) is 6.46. The zero-order valence-corrected chi connectivity index (χ0v) is 12.9. The Hall–Kier alpha value is -1.58. The van der Waals surface area contributed by atoms with Gasteiger partial charge in [-0.05, 0) is 30.7 Å². The molecule has 1 N–H and O–H groups in total. The number of nitrogens with one attached hydrogen (secondary N) is 1. The first-order chi connectivity index (χ1) is 9.96. The Labute approximate surface area is 132 Å². The van der Waals surface area contributed by atoms with Crippen molar-refractivity contribution in [2.24, 2.45) is 0 Å². The highest BCUT2D eigenvalue weighted by molar-refractivity contribution is 6.31. The fourth-order valence-electron chi connectivity index (χ4n) is 1.98. The van der Waals surface area contributed by atoms with E-state index in [-0.39, 0.29) is 11.4 Å². The van der Waals surface area contributed by atoms with Gasteiger partial charge in [0.15, 0.2) is 0 Å². The molecule has 1 unspecified atom stereocenters. The molecule has 0 bridgehead atoms. The highest BCUT2D eigenvalue weighted by Crippen LogP contribution is 2.24. The average Bonchev–Trinajstić information content (AvgIpc) is 2.50. The van der Waals surface area contributed by atoms with Gasteiger partial charge >= 0.3 is 0 Å². The molecule has 0 saturated heterocycles. The molecule has 2 aromatic carbocycles. The van der Waals surface area contributed by atoms with Crippen LogP contribution in [0.25, 0.3) is 0 Å². The van der Waals surface area contributed by atoms with Gasteiger partial charge in [0.1, 0.15) is 5.82 Å². The molecule has 0 heterocycles. The molecule has 0 fully saturated rings. The smallest absolute Gasteiger partial charge is 0.255 e. The molecule has 0 radical (unpaired) electrons. The van der Waals surface area contributed by atoms with Gasteiger partial charge in [0.25, 0.3) is 5.91 Å². The molecule has 2 nitrogen and oxygen atoms in total. The number of amides is 1. The van der Waals surface area contributed by atoms with Gasteiger partial charge in [0, 0.05) is 10.9 Å². The lowest BCUT2D eigenvalue weighted by molar-refractivity contribution is 0.0909. The van der Waals surface area contributed by atoms with Gasteiger partial charge in [-0.15, -0.1) is 11.6 Å². The van der Waals surface area contributed by atoms with E-state index in [1.54, 1.807) is 6.92 Å². The Kier molecular flexibility index (Phi) is 4.86. The number of hydrogen-bond donors (Lipinski definition) is 1. The molecule has 0 aromatic heterocycles. The minimum absolute atomic E-state index is 0.102. The zero-order valence-electron chi connectivity index (χ0n) is 11.4. The minimum Gasteiger partial charge on any atom is -0.341 e. The molecule has 0 aliphatic heterocycles. The summed E-state index contributed by atoms with van der Waals surface area (Å²) in [4.78, 5) is 12.3. The van der Waals surface area contributed by atoms with Crippen molar-refractivity contribution in [3.8, 4) is 0 Å². The van der Waals surface area contributed by atoms with Gasteiger partial charge < -0.3 is 5.32 Å². The summed E-state index contributed by atoms with van der Waals surface area (Å²) < 4.78 is 13.7. The van der Waals surface area contributed by atoms with Crippen molar-refractivity contribution < 1.29 is 9.18 Å². The first kappa shape index (κ1) is 15.8. The summed E-state index contributed by atoms with van der Waals surface area (Å²) in [7, 11) is 0. The molecular formula is C16H14Cl2FNO. The molecule has 1 atom stereocenters. The average molecular weight is 326 g/mol. The van der Waals surface area contributed by atoms with Gasteiger partial charge in [0.2, 0.25) is 0 Å². The molecule has 2 rings (SSSR count). The van der Waals surface area contributed by atoms with Crippen LogP contribution in [0.1, 0.15) is 22.8 Å². The maximum absolute atomic E-state index is 13.7. The van der Waals surface area contributed by atoms with Crippen LogP contribution in [0.4, 0.5) is 4.39 Å². The summed E-state index contributed by atoms with van der Waals surface area (Å²) in [6, 6.07) is 13.2. The quantitative estimate of drug-likeness (QED) is 0.831. The molecule has 0 spiro atoms. The highest BCUT2D eigenvalue weighted by Gasteiger charge is 2.28. The number of carbonyl (C=O) groups excluding carboxylic acids is 1. The molecule has 5 heteroatoms. The normalized spacial score (nSPS) is 13.5. The van der Waals surface area contributed by atoms with Gasteiger partial charge in [0.05, 0.1) is 11.1 Å². The SMILES string of the molecule is CC(CCl)(NC(=O)c1cc(Cl)ccc1F)c1ccccc1. The molecule has 2 aromatic rings. The number of rotatable bonds is 4. The Morgan fingerprint density at radius 2 is 1.90 bits per heavy atom. The van der Waals surface area contributed by atoms with Crippen LogP contribution in [0, 0.1) is 5.82 Å². The van der Waals surface area contributed by atoms with E-state index in [4.69, 9.17) is 23.2 Å². The van der Waals surface area contributed by atoms with Gasteiger partial charge in [-0.1, -0.05) is 41.9 Å². The number of alkyl halides is 1. The molecule has 0 aliphatic rings. The Morgan fingerprint density at radius 3 is 2.52 bits per heavy atom. The first-order valence-electron chi connectivity index (χ1n) is 6.35. The van der Waals surface area contributed by atoms with Crippen LogP contribution in [0.3, 0.4) is 0 Å². The zero-order chi connectivity index (χ0) is 15.5. The van der Waals surface area contributed by atoms with E-state index in [2.05, 4.69) is 5.32 Å². The van der Waals surface area contributed by atoms with E-state index in [1.807, 2.05) is 30.3 Å². The topological polar surface area (TPSA) is 29.1 Å². The van der Waals surface area contributed by atoms with Crippen LogP contribution in [0.15, 0.2) is 48.5 Å². The minimum atomic E-state index is -0.797. The van der Waals surface area contributed by atoms with Gasteiger partial charge in [-0.2, -0.15) is 0 Å². The molecular weight excluding hydrogens is 312 g/mol. The second-order valence-corrected chi connectivity index (χ2v) is 5.61. The second-order valence-electron chi connectivity index (χ2n) is 4.91. The third kappa shape index (κ3) is 3.55. The lowest BCUT2D eigenvalue weighted by atomic mass is 9.93. The lowest BCUT2D eigenvalue weighted by Crippen LogP contribution is -2.45. The van der Waals surface area contributed by atoms with Crippen molar-refractivity contribution in [2.75, 3.05) is 5.88 Å². The van der Waals surface area contributed by atoms with Crippen molar-refractivity contribution in [2.45, 2.75) is 12.5 Å². The van der Waals surface area contributed by atoms with Gasteiger partial charge in [-0.3, -0.25) is 4.79 Å². The number of hydrogen-bond acceptors (Lipinski definition) is 1.